The number of amides is 1. The first-order valence-corrected chi connectivity index (χ1v) is 6.99. The molecule has 0 aromatic heterocycles. The van der Waals surface area contributed by atoms with E-state index in [1.54, 1.807) is 30.3 Å². The number of nitriles is 1. The third-order valence-corrected chi connectivity index (χ3v) is 3.31. The maximum atomic E-state index is 12.1. The molecule has 2 rings (SSSR count). The summed E-state index contributed by atoms with van der Waals surface area (Å²) in [7, 11) is 0. The topological polar surface area (TPSA) is 93.3 Å². The molecule has 0 unspecified atom stereocenters. The molecule has 110 valence electrons. The van der Waals surface area contributed by atoms with E-state index in [1.807, 2.05) is 0 Å². The highest BCUT2D eigenvalue weighted by Crippen LogP contribution is 2.25. The second-order valence-corrected chi connectivity index (χ2v) is 5.29. The summed E-state index contributed by atoms with van der Waals surface area (Å²) in [6, 6.07) is 12.6. The predicted octanol–water partition coefficient (Wildman–Crippen LogP) is 3.41. The second kappa shape index (κ2) is 6.78. The quantitative estimate of drug-likeness (QED) is 0.578. The lowest BCUT2D eigenvalue weighted by atomic mass is 10.1. The molecule has 3 N–H and O–H groups in total. The molecule has 0 spiro atoms. The van der Waals surface area contributed by atoms with Crippen molar-refractivity contribution in [3.63, 3.8) is 0 Å². The number of hydrogen-bond donors (Lipinski definition) is 3. The van der Waals surface area contributed by atoms with Gasteiger partial charge in [-0.2, -0.15) is 5.26 Å². The van der Waals surface area contributed by atoms with Crippen molar-refractivity contribution in [2.75, 3.05) is 5.32 Å². The third kappa shape index (κ3) is 3.87. The predicted molar refractivity (Wildman–Crippen MR) is 86.1 cm³/mol. The summed E-state index contributed by atoms with van der Waals surface area (Å²) in [5, 5.41) is 30.6. The Morgan fingerprint density at radius 2 is 1.86 bits per heavy atom. The highest BCUT2D eigenvalue weighted by atomic mass is 79.9. The van der Waals surface area contributed by atoms with Gasteiger partial charge in [0.25, 0.3) is 5.91 Å². The fourth-order valence-corrected chi connectivity index (χ4v) is 1.95. The number of carbonyl (C=O) groups excluding carboxylic acids is 1. The Hall–Kier alpha value is -2.78. The van der Waals surface area contributed by atoms with Gasteiger partial charge in [0.2, 0.25) is 0 Å². The van der Waals surface area contributed by atoms with Crippen LogP contribution in [0.1, 0.15) is 5.56 Å². The lowest BCUT2D eigenvalue weighted by Gasteiger charge is -2.05. The van der Waals surface area contributed by atoms with E-state index in [-0.39, 0.29) is 22.6 Å². The average Bonchev–Trinajstić information content (AvgIpc) is 2.49. The number of carbonyl (C=O) groups is 1. The Morgan fingerprint density at radius 3 is 2.45 bits per heavy atom. The minimum absolute atomic E-state index is 0.104. The minimum atomic E-state index is -0.586. The van der Waals surface area contributed by atoms with Crippen molar-refractivity contribution in [1.82, 2.24) is 0 Å². The number of aromatic hydroxyl groups is 2. The van der Waals surface area contributed by atoms with E-state index in [9.17, 15) is 15.0 Å². The summed E-state index contributed by atoms with van der Waals surface area (Å²) in [5.74, 6) is -0.908. The van der Waals surface area contributed by atoms with E-state index in [2.05, 4.69) is 21.2 Å². The molecular weight excluding hydrogens is 348 g/mol. The number of phenolic OH excluding ortho intramolecular Hbond substituents is 2. The van der Waals surface area contributed by atoms with Gasteiger partial charge in [0.15, 0.2) is 0 Å². The van der Waals surface area contributed by atoms with Crippen molar-refractivity contribution in [2.45, 2.75) is 0 Å². The number of nitrogens with zero attached hydrogens (tertiary/aromatic N) is 1. The normalized spacial score (nSPS) is 10.8. The lowest BCUT2D eigenvalue weighted by molar-refractivity contribution is -0.112. The molecule has 0 aliphatic carbocycles. The van der Waals surface area contributed by atoms with Gasteiger partial charge in [-0.3, -0.25) is 4.79 Å². The Labute approximate surface area is 135 Å². The van der Waals surface area contributed by atoms with Gasteiger partial charge in [-0.05, 0) is 42.5 Å². The van der Waals surface area contributed by atoms with E-state index in [0.717, 1.165) is 10.5 Å². The fourth-order valence-electron chi connectivity index (χ4n) is 1.69. The van der Waals surface area contributed by atoms with Gasteiger partial charge in [0, 0.05) is 21.8 Å². The highest BCUT2D eigenvalue weighted by molar-refractivity contribution is 9.10. The molecule has 1 amide bonds. The molecule has 0 radical (unpaired) electrons. The Bertz CT molecular complexity index is 777. The van der Waals surface area contributed by atoms with E-state index < -0.39 is 5.91 Å². The molecule has 0 aliphatic heterocycles. The van der Waals surface area contributed by atoms with E-state index in [1.165, 1.54) is 18.2 Å². The monoisotopic (exact) mass is 358 g/mol. The third-order valence-electron chi connectivity index (χ3n) is 2.78. The zero-order chi connectivity index (χ0) is 16.1. The summed E-state index contributed by atoms with van der Waals surface area (Å²) >= 11 is 3.29. The summed E-state index contributed by atoms with van der Waals surface area (Å²) < 4.78 is 0.871. The van der Waals surface area contributed by atoms with Gasteiger partial charge in [-0.15, -0.1) is 0 Å². The van der Waals surface area contributed by atoms with Gasteiger partial charge in [-0.1, -0.05) is 15.9 Å². The molecule has 0 aliphatic rings. The Morgan fingerprint density at radius 1 is 1.18 bits per heavy atom. The molecule has 0 heterocycles. The first kappa shape index (κ1) is 15.6. The van der Waals surface area contributed by atoms with Crippen LogP contribution >= 0.6 is 15.9 Å². The van der Waals surface area contributed by atoms with Crippen molar-refractivity contribution in [3.05, 3.63) is 58.1 Å². The SMILES string of the molecule is N#C/C(=C/c1ccc(O)cc1O)C(=O)Nc1ccc(Br)cc1. The summed E-state index contributed by atoms with van der Waals surface area (Å²) in [5.41, 5.74) is 0.647. The molecule has 2 aromatic carbocycles. The van der Waals surface area contributed by atoms with Crippen molar-refractivity contribution in [3.8, 4) is 17.6 Å². The number of nitrogens with one attached hydrogen (secondary N) is 1. The van der Waals surface area contributed by atoms with Crippen LogP contribution in [0.3, 0.4) is 0 Å². The van der Waals surface area contributed by atoms with Crippen LogP contribution in [0.15, 0.2) is 52.5 Å². The van der Waals surface area contributed by atoms with Crippen LogP contribution in [0.5, 0.6) is 11.5 Å². The molecule has 2 aromatic rings. The van der Waals surface area contributed by atoms with Crippen LogP contribution in [0.25, 0.3) is 6.08 Å². The molecule has 5 nitrogen and oxygen atoms in total. The number of phenols is 2. The zero-order valence-electron chi connectivity index (χ0n) is 11.2. The van der Waals surface area contributed by atoms with Crippen molar-refractivity contribution in [2.24, 2.45) is 0 Å². The number of benzene rings is 2. The standard InChI is InChI=1S/C16H11BrN2O3/c17-12-2-4-13(5-3-12)19-16(22)11(9-18)7-10-1-6-14(20)8-15(10)21/h1-8,20-21H,(H,19,22)/b11-7-. The van der Waals surface area contributed by atoms with Crippen LogP contribution < -0.4 is 5.32 Å². The van der Waals surface area contributed by atoms with Gasteiger partial charge in [-0.25, -0.2) is 0 Å². The smallest absolute Gasteiger partial charge is 0.266 e. The molecular formula is C16H11BrN2O3. The van der Waals surface area contributed by atoms with E-state index in [0.29, 0.717) is 5.69 Å². The highest BCUT2D eigenvalue weighted by Gasteiger charge is 2.11. The minimum Gasteiger partial charge on any atom is -0.508 e. The molecule has 0 fully saturated rings. The molecule has 22 heavy (non-hydrogen) atoms. The first-order valence-electron chi connectivity index (χ1n) is 6.20. The molecule has 0 saturated heterocycles. The van der Waals surface area contributed by atoms with Crippen LogP contribution in [-0.2, 0) is 4.79 Å². The van der Waals surface area contributed by atoms with Gasteiger partial charge >= 0.3 is 0 Å². The van der Waals surface area contributed by atoms with Crippen molar-refractivity contribution in [1.29, 1.82) is 5.26 Å². The summed E-state index contributed by atoms with van der Waals surface area (Å²) in [4.78, 5) is 12.1. The molecule has 6 heteroatoms. The van der Waals surface area contributed by atoms with Crippen LogP contribution in [0.2, 0.25) is 0 Å². The van der Waals surface area contributed by atoms with E-state index >= 15 is 0 Å². The summed E-state index contributed by atoms with van der Waals surface area (Å²) in [6.45, 7) is 0. The van der Waals surface area contributed by atoms with Crippen LogP contribution in [0, 0.1) is 11.3 Å². The summed E-state index contributed by atoms with van der Waals surface area (Å²) in [6.07, 6.45) is 1.25. The van der Waals surface area contributed by atoms with E-state index in [4.69, 9.17) is 5.26 Å². The largest absolute Gasteiger partial charge is 0.508 e. The fraction of sp³-hybridized carbons (Fsp3) is 0. The first-order chi connectivity index (χ1) is 10.5. The number of hydrogen-bond acceptors (Lipinski definition) is 4. The number of halogens is 1. The van der Waals surface area contributed by atoms with Crippen LogP contribution in [-0.4, -0.2) is 16.1 Å². The molecule has 0 saturated carbocycles. The zero-order valence-corrected chi connectivity index (χ0v) is 12.8. The maximum absolute atomic E-state index is 12.1. The van der Waals surface area contributed by atoms with Gasteiger partial charge < -0.3 is 15.5 Å². The van der Waals surface area contributed by atoms with Crippen molar-refractivity contribution < 1.29 is 15.0 Å². The Kier molecular flexibility index (Phi) is 4.81. The Balaban J connectivity index is 2.23. The van der Waals surface area contributed by atoms with Crippen molar-refractivity contribution >= 4 is 33.6 Å². The van der Waals surface area contributed by atoms with Gasteiger partial charge in [0.1, 0.15) is 23.1 Å². The maximum Gasteiger partial charge on any atom is 0.266 e. The molecule has 0 bridgehead atoms. The average molecular weight is 359 g/mol. The number of rotatable bonds is 3. The van der Waals surface area contributed by atoms with Crippen LogP contribution in [0.4, 0.5) is 5.69 Å². The lowest BCUT2D eigenvalue weighted by Crippen LogP contribution is -2.13. The number of anilines is 1. The van der Waals surface area contributed by atoms with Gasteiger partial charge in [0.05, 0.1) is 0 Å². The second-order valence-electron chi connectivity index (χ2n) is 4.37. The molecule has 0 atom stereocenters.